The highest BCUT2D eigenvalue weighted by Gasteiger charge is 2.43. The van der Waals surface area contributed by atoms with Crippen molar-refractivity contribution < 1.29 is 9.59 Å². The normalized spacial score (nSPS) is 20.8. The maximum Gasteiger partial charge on any atom is 0.232 e. The Morgan fingerprint density at radius 1 is 1.07 bits per heavy atom. The second-order valence-electron chi connectivity index (χ2n) is 7.82. The Morgan fingerprint density at radius 3 is 2.69 bits per heavy atom. The molecule has 6 heteroatoms. The van der Waals surface area contributed by atoms with Crippen LogP contribution in [0, 0.1) is 11.8 Å². The SMILES string of the molecule is O=C1NC[C@H]2CN(C(=O)CSc3cn(Cc4ccccc4)c4ccccc34)C[C@@H]12. The predicted octanol–water partition coefficient (Wildman–Crippen LogP) is 2.99. The van der Waals surface area contributed by atoms with Gasteiger partial charge < -0.3 is 14.8 Å². The van der Waals surface area contributed by atoms with Crippen molar-refractivity contribution in [3.05, 3.63) is 66.4 Å². The van der Waals surface area contributed by atoms with E-state index in [1.165, 1.54) is 16.5 Å². The molecule has 0 bridgehead atoms. The first-order valence-electron chi connectivity index (χ1n) is 9.99. The second-order valence-corrected chi connectivity index (χ2v) is 8.84. The van der Waals surface area contributed by atoms with Gasteiger partial charge in [-0.2, -0.15) is 0 Å². The third kappa shape index (κ3) is 3.53. The van der Waals surface area contributed by atoms with Crippen molar-refractivity contribution in [3.8, 4) is 0 Å². The molecule has 0 spiro atoms. The Labute approximate surface area is 174 Å². The number of nitrogens with one attached hydrogen (secondary N) is 1. The van der Waals surface area contributed by atoms with Gasteiger partial charge in [0.1, 0.15) is 0 Å². The van der Waals surface area contributed by atoms with Crippen LogP contribution in [0.25, 0.3) is 10.9 Å². The number of benzene rings is 2. The van der Waals surface area contributed by atoms with Crippen LogP contribution in [0.15, 0.2) is 65.7 Å². The number of nitrogens with zero attached hydrogens (tertiary/aromatic N) is 2. The predicted molar refractivity (Wildman–Crippen MR) is 115 cm³/mol. The van der Waals surface area contributed by atoms with Gasteiger partial charge in [0.05, 0.1) is 11.7 Å². The number of hydrogen-bond acceptors (Lipinski definition) is 3. The minimum atomic E-state index is -0.0169. The molecule has 29 heavy (non-hydrogen) atoms. The van der Waals surface area contributed by atoms with E-state index in [1.807, 2.05) is 17.0 Å². The number of para-hydroxylation sites is 1. The molecule has 2 fully saturated rings. The monoisotopic (exact) mass is 405 g/mol. The molecule has 2 aliphatic heterocycles. The molecule has 148 valence electrons. The van der Waals surface area contributed by atoms with E-state index in [0.29, 0.717) is 25.4 Å². The molecule has 1 N–H and O–H groups in total. The molecular formula is C23H23N3O2S. The van der Waals surface area contributed by atoms with Crippen LogP contribution in [-0.4, -0.2) is 46.7 Å². The lowest BCUT2D eigenvalue weighted by Crippen LogP contribution is -2.34. The highest BCUT2D eigenvalue weighted by molar-refractivity contribution is 8.00. The van der Waals surface area contributed by atoms with Gasteiger partial charge in [0.15, 0.2) is 0 Å². The molecule has 0 aliphatic carbocycles. The fourth-order valence-electron chi connectivity index (χ4n) is 4.41. The number of thioether (sulfide) groups is 1. The van der Waals surface area contributed by atoms with E-state index in [1.54, 1.807) is 11.8 Å². The van der Waals surface area contributed by atoms with Gasteiger partial charge in [-0.05, 0) is 11.6 Å². The van der Waals surface area contributed by atoms with Crippen LogP contribution in [0.3, 0.4) is 0 Å². The van der Waals surface area contributed by atoms with Gasteiger partial charge in [-0.15, -0.1) is 11.8 Å². The van der Waals surface area contributed by atoms with Crippen molar-refractivity contribution in [3.63, 3.8) is 0 Å². The highest BCUT2D eigenvalue weighted by atomic mass is 32.2. The number of amides is 2. The average Bonchev–Trinajstić information content (AvgIpc) is 3.42. The van der Waals surface area contributed by atoms with E-state index in [2.05, 4.69) is 58.5 Å². The topological polar surface area (TPSA) is 54.3 Å². The van der Waals surface area contributed by atoms with Crippen molar-refractivity contribution >= 4 is 34.5 Å². The summed E-state index contributed by atoms with van der Waals surface area (Å²) in [6.45, 7) is 2.76. The molecule has 2 saturated heterocycles. The van der Waals surface area contributed by atoms with Crippen LogP contribution in [0.2, 0.25) is 0 Å². The first-order chi connectivity index (χ1) is 14.2. The van der Waals surface area contributed by atoms with E-state index in [9.17, 15) is 9.59 Å². The summed E-state index contributed by atoms with van der Waals surface area (Å²) in [5, 5.41) is 4.08. The summed E-state index contributed by atoms with van der Waals surface area (Å²) in [7, 11) is 0. The molecule has 1 aromatic heterocycles. The zero-order valence-corrected chi connectivity index (χ0v) is 16.9. The molecule has 5 rings (SSSR count). The molecule has 0 radical (unpaired) electrons. The number of carbonyl (C=O) groups excluding carboxylic acids is 2. The van der Waals surface area contributed by atoms with Gasteiger partial charge in [0, 0.05) is 54.1 Å². The maximum absolute atomic E-state index is 12.8. The Morgan fingerprint density at radius 2 is 1.86 bits per heavy atom. The lowest BCUT2D eigenvalue weighted by molar-refractivity contribution is -0.128. The standard InChI is InChI=1S/C23H23N3O2S/c27-22(26-12-17-10-24-23(28)19(17)13-26)15-29-21-14-25(11-16-6-2-1-3-7-16)20-9-5-4-8-18(20)21/h1-9,14,17,19H,10-13,15H2,(H,24,28)/t17-,19+/m0/s1. The van der Waals surface area contributed by atoms with Crippen molar-refractivity contribution in [2.75, 3.05) is 25.4 Å². The fourth-order valence-corrected chi connectivity index (χ4v) is 5.40. The molecule has 0 unspecified atom stereocenters. The van der Waals surface area contributed by atoms with Gasteiger partial charge >= 0.3 is 0 Å². The third-order valence-electron chi connectivity index (χ3n) is 5.97. The zero-order chi connectivity index (χ0) is 19.8. The van der Waals surface area contributed by atoms with Crippen LogP contribution in [0.4, 0.5) is 0 Å². The second kappa shape index (κ2) is 7.59. The Hall–Kier alpha value is -2.73. The number of aromatic nitrogens is 1. The molecule has 2 atom stereocenters. The van der Waals surface area contributed by atoms with Crippen molar-refractivity contribution in [2.45, 2.75) is 11.4 Å². The van der Waals surface area contributed by atoms with Crippen LogP contribution >= 0.6 is 11.8 Å². The van der Waals surface area contributed by atoms with Crippen LogP contribution < -0.4 is 5.32 Å². The lowest BCUT2D eigenvalue weighted by Gasteiger charge is -2.16. The van der Waals surface area contributed by atoms with Gasteiger partial charge in [-0.3, -0.25) is 9.59 Å². The number of hydrogen-bond donors (Lipinski definition) is 1. The summed E-state index contributed by atoms with van der Waals surface area (Å²) in [4.78, 5) is 27.6. The lowest BCUT2D eigenvalue weighted by atomic mass is 10.0. The van der Waals surface area contributed by atoms with E-state index in [0.717, 1.165) is 11.4 Å². The van der Waals surface area contributed by atoms with Gasteiger partial charge in [-0.25, -0.2) is 0 Å². The molecule has 0 saturated carbocycles. The first kappa shape index (κ1) is 18.3. The van der Waals surface area contributed by atoms with Crippen molar-refractivity contribution in [1.82, 2.24) is 14.8 Å². The number of likely N-dealkylation sites (tertiary alicyclic amines) is 1. The van der Waals surface area contributed by atoms with Crippen molar-refractivity contribution in [2.24, 2.45) is 11.8 Å². The minimum absolute atomic E-state index is 0.0169. The number of rotatable bonds is 5. The third-order valence-corrected chi connectivity index (χ3v) is 7.00. The summed E-state index contributed by atoms with van der Waals surface area (Å²) in [5.74, 6) is 0.889. The Kier molecular flexibility index (Phi) is 4.79. The van der Waals surface area contributed by atoms with E-state index < -0.39 is 0 Å². The van der Waals surface area contributed by atoms with Crippen LogP contribution in [0.1, 0.15) is 5.56 Å². The van der Waals surface area contributed by atoms with Crippen LogP contribution in [-0.2, 0) is 16.1 Å². The highest BCUT2D eigenvalue weighted by Crippen LogP contribution is 2.32. The summed E-state index contributed by atoms with van der Waals surface area (Å²) >= 11 is 1.59. The van der Waals surface area contributed by atoms with E-state index in [4.69, 9.17) is 0 Å². The number of fused-ring (bicyclic) bond motifs is 2. The molecular weight excluding hydrogens is 382 g/mol. The largest absolute Gasteiger partial charge is 0.355 e. The molecule has 3 heterocycles. The minimum Gasteiger partial charge on any atom is -0.355 e. The number of carbonyl (C=O) groups is 2. The smallest absolute Gasteiger partial charge is 0.232 e. The van der Waals surface area contributed by atoms with Gasteiger partial charge in [0.2, 0.25) is 11.8 Å². The van der Waals surface area contributed by atoms with E-state index >= 15 is 0 Å². The molecule has 2 aliphatic rings. The molecule has 3 aromatic rings. The first-order valence-corrected chi connectivity index (χ1v) is 11.0. The summed E-state index contributed by atoms with van der Waals surface area (Å²) in [6.07, 6.45) is 2.15. The Balaban J connectivity index is 1.31. The summed E-state index contributed by atoms with van der Waals surface area (Å²) in [6, 6.07) is 18.7. The average molecular weight is 406 g/mol. The van der Waals surface area contributed by atoms with Gasteiger partial charge in [0.25, 0.3) is 0 Å². The molecule has 2 aromatic carbocycles. The van der Waals surface area contributed by atoms with Crippen LogP contribution in [0.5, 0.6) is 0 Å². The molecule has 2 amide bonds. The van der Waals surface area contributed by atoms with E-state index in [-0.39, 0.29) is 23.7 Å². The zero-order valence-electron chi connectivity index (χ0n) is 16.1. The molecule has 5 nitrogen and oxygen atoms in total. The maximum atomic E-state index is 12.8. The summed E-state index contributed by atoms with van der Waals surface area (Å²) in [5.41, 5.74) is 2.43. The van der Waals surface area contributed by atoms with Gasteiger partial charge in [-0.1, -0.05) is 48.5 Å². The van der Waals surface area contributed by atoms with Crippen molar-refractivity contribution in [1.29, 1.82) is 0 Å². The fraction of sp³-hybridized carbons (Fsp3) is 0.304. The Bertz CT molecular complexity index is 1060. The summed E-state index contributed by atoms with van der Waals surface area (Å²) < 4.78 is 2.25. The quantitative estimate of drug-likeness (QED) is 0.664.